The van der Waals surface area contributed by atoms with E-state index in [1.54, 1.807) is 6.07 Å². The molecule has 1 fully saturated rings. The van der Waals surface area contributed by atoms with Crippen LogP contribution in [0, 0.1) is 22.7 Å². The van der Waals surface area contributed by atoms with Crippen molar-refractivity contribution in [1.29, 1.82) is 10.5 Å². The quantitative estimate of drug-likeness (QED) is 0.306. The molecule has 3 aliphatic rings. The SMILES string of the molecule is N#Cc1cc(C#N)c2c(c1)-c1cccc[n+]1C1C2C12c1ccccc1-c1ccc(-c3ccccc3)c[n+]12. The standard InChI is InChI=1S/C33H20N4/c34-18-21-16-24(19-35)30-26(17-21)28-12-6-7-15-36(28)32-31(30)33(32)27-11-5-4-10-25(27)29-14-13-23(20-37(29)33)22-8-2-1-3-9-22/h1-17,20,31-32H/q+2. The van der Waals surface area contributed by atoms with E-state index in [-0.39, 0.29) is 17.5 Å². The molecule has 3 atom stereocenters. The molecule has 170 valence electrons. The molecule has 4 heteroatoms. The first-order valence-corrected chi connectivity index (χ1v) is 12.5. The maximum absolute atomic E-state index is 10.2. The van der Waals surface area contributed by atoms with Gasteiger partial charge in [-0.3, -0.25) is 0 Å². The third kappa shape index (κ3) is 2.40. The number of pyridine rings is 2. The summed E-state index contributed by atoms with van der Waals surface area (Å²) >= 11 is 0. The van der Waals surface area contributed by atoms with Crippen molar-refractivity contribution in [3.05, 3.63) is 132 Å². The van der Waals surface area contributed by atoms with E-state index in [0.29, 0.717) is 11.1 Å². The molecule has 0 bridgehead atoms. The number of fused-ring (bicyclic) bond motifs is 13. The Morgan fingerprint density at radius 1 is 0.703 bits per heavy atom. The molecule has 3 unspecified atom stereocenters. The zero-order valence-corrected chi connectivity index (χ0v) is 19.8. The first-order valence-electron chi connectivity index (χ1n) is 12.5. The van der Waals surface area contributed by atoms with Gasteiger partial charge in [0.05, 0.1) is 34.4 Å². The third-order valence-electron chi connectivity index (χ3n) is 8.43. The average molecular weight is 473 g/mol. The summed E-state index contributed by atoms with van der Waals surface area (Å²) in [5, 5.41) is 20.0. The first-order chi connectivity index (χ1) is 18.3. The van der Waals surface area contributed by atoms with Gasteiger partial charge < -0.3 is 0 Å². The molecule has 2 aliphatic heterocycles. The van der Waals surface area contributed by atoms with Crippen molar-refractivity contribution in [2.75, 3.05) is 0 Å². The van der Waals surface area contributed by atoms with Crippen molar-refractivity contribution >= 4 is 0 Å². The lowest BCUT2D eigenvalue weighted by Gasteiger charge is -2.14. The van der Waals surface area contributed by atoms with Crippen LogP contribution in [0.4, 0.5) is 0 Å². The molecule has 1 spiro atoms. The Kier molecular flexibility index (Phi) is 3.82. The van der Waals surface area contributed by atoms with Gasteiger partial charge in [0, 0.05) is 34.9 Å². The van der Waals surface area contributed by atoms with Crippen molar-refractivity contribution in [2.24, 2.45) is 0 Å². The highest BCUT2D eigenvalue weighted by Crippen LogP contribution is 2.70. The fourth-order valence-corrected chi connectivity index (χ4v) is 7.02. The number of benzene rings is 3. The van der Waals surface area contributed by atoms with Crippen LogP contribution in [0.15, 0.2) is 109 Å². The lowest BCUT2D eigenvalue weighted by molar-refractivity contribution is -0.771. The summed E-state index contributed by atoms with van der Waals surface area (Å²) in [6.07, 6.45) is 4.44. The largest absolute Gasteiger partial charge is 0.269 e. The maximum atomic E-state index is 10.2. The maximum Gasteiger partial charge on any atom is 0.269 e. The van der Waals surface area contributed by atoms with Gasteiger partial charge in [0.1, 0.15) is 5.92 Å². The van der Waals surface area contributed by atoms with Gasteiger partial charge in [0.25, 0.3) is 5.54 Å². The minimum Gasteiger partial charge on any atom is -0.192 e. The summed E-state index contributed by atoms with van der Waals surface area (Å²) in [4.78, 5) is 0. The number of hydrogen-bond donors (Lipinski definition) is 0. The molecule has 0 amide bonds. The number of aromatic nitrogens is 2. The Labute approximate surface area is 214 Å². The van der Waals surface area contributed by atoms with Gasteiger partial charge in [-0.25, -0.2) is 0 Å². The van der Waals surface area contributed by atoms with E-state index in [4.69, 9.17) is 0 Å². The molecule has 0 radical (unpaired) electrons. The zero-order chi connectivity index (χ0) is 24.7. The second-order valence-corrected chi connectivity index (χ2v) is 10.0. The van der Waals surface area contributed by atoms with Gasteiger partial charge >= 0.3 is 0 Å². The molecule has 1 saturated carbocycles. The van der Waals surface area contributed by atoms with Gasteiger partial charge in [-0.1, -0.05) is 48.5 Å². The minimum atomic E-state index is -0.359. The number of hydrogen-bond acceptors (Lipinski definition) is 2. The summed E-state index contributed by atoms with van der Waals surface area (Å²) in [6, 6.07) is 38.4. The summed E-state index contributed by atoms with van der Waals surface area (Å²) in [5.41, 5.74) is 9.91. The van der Waals surface area contributed by atoms with Crippen LogP contribution in [0.1, 0.15) is 34.2 Å². The summed E-state index contributed by atoms with van der Waals surface area (Å²) in [7, 11) is 0. The van der Waals surface area contributed by atoms with E-state index in [9.17, 15) is 10.5 Å². The second-order valence-electron chi connectivity index (χ2n) is 10.0. The van der Waals surface area contributed by atoms with Crippen molar-refractivity contribution in [2.45, 2.75) is 17.5 Å². The van der Waals surface area contributed by atoms with E-state index in [1.807, 2.05) is 18.2 Å². The highest BCUT2D eigenvalue weighted by atomic mass is 15.3. The van der Waals surface area contributed by atoms with Crippen molar-refractivity contribution in [3.63, 3.8) is 0 Å². The van der Waals surface area contributed by atoms with Crippen LogP contribution in [0.25, 0.3) is 33.6 Å². The van der Waals surface area contributed by atoms with Crippen molar-refractivity contribution in [3.8, 4) is 45.8 Å². The lowest BCUT2D eigenvalue weighted by atomic mass is 9.88. The minimum absolute atomic E-state index is 0.0724. The molecule has 0 saturated heterocycles. The highest BCUT2D eigenvalue weighted by Gasteiger charge is 2.86. The van der Waals surface area contributed by atoms with E-state index in [1.165, 1.54) is 27.9 Å². The molecule has 1 aliphatic carbocycles. The fraction of sp³-hybridized carbons (Fsp3) is 0.0909. The smallest absolute Gasteiger partial charge is 0.192 e. The van der Waals surface area contributed by atoms with E-state index in [0.717, 1.165) is 16.8 Å². The molecule has 2 aromatic heterocycles. The average Bonchev–Trinajstić information content (AvgIpc) is 3.59. The molecular formula is C33H20N4+2. The van der Waals surface area contributed by atoms with Crippen LogP contribution in [0.5, 0.6) is 0 Å². The van der Waals surface area contributed by atoms with E-state index >= 15 is 0 Å². The second kappa shape index (κ2) is 7.00. The van der Waals surface area contributed by atoms with Crippen LogP contribution in [-0.2, 0) is 5.54 Å². The van der Waals surface area contributed by atoms with Crippen LogP contribution < -0.4 is 9.13 Å². The van der Waals surface area contributed by atoms with Crippen LogP contribution >= 0.6 is 0 Å². The molecule has 8 rings (SSSR count). The molecule has 37 heavy (non-hydrogen) atoms. The molecular weight excluding hydrogens is 452 g/mol. The van der Waals surface area contributed by atoms with Gasteiger partial charge in [0.15, 0.2) is 12.4 Å². The molecule has 3 aromatic carbocycles. The molecule has 4 nitrogen and oxygen atoms in total. The Hall–Kier alpha value is -5.06. The third-order valence-corrected chi connectivity index (χ3v) is 8.43. The topological polar surface area (TPSA) is 55.3 Å². The van der Waals surface area contributed by atoms with Gasteiger partial charge in [-0.15, -0.1) is 0 Å². The van der Waals surface area contributed by atoms with Crippen molar-refractivity contribution < 1.29 is 9.13 Å². The van der Waals surface area contributed by atoms with Gasteiger partial charge in [-0.2, -0.15) is 19.7 Å². The predicted octanol–water partition coefficient (Wildman–Crippen LogP) is 5.42. The number of nitriles is 2. The van der Waals surface area contributed by atoms with Crippen LogP contribution in [0.3, 0.4) is 0 Å². The number of nitrogens with zero attached hydrogens (tertiary/aromatic N) is 4. The monoisotopic (exact) mass is 472 g/mol. The van der Waals surface area contributed by atoms with Crippen molar-refractivity contribution in [1.82, 2.24) is 0 Å². The van der Waals surface area contributed by atoms with Gasteiger partial charge in [0.2, 0.25) is 17.4 Å². The van der Waals surface area contributed by atoms with Crippen LogP contribution in [-0.4, -0.2) is 0 Å². The highest BCUT2D eigenvalue weighted by molar-refractivity contribution is 5.77. The Balaban J connectivity index is 1.47. The predicted molar refractivity (Wildman–Crippen MR) is 138 cm³/mol. The van der Waals surface area contributed by atoms with E-state index < -0.39 is 0 Å². The normalized spacial score (nSPS) is 21.0. The first kappa shape index (κ1) is 20.2. The molecule has 4 heterocycles. The Morgan fingerprint density at radius 2 is 1.51 bits per heavy atom. The summed E-state index contributed by atoms with van der Waals surface area (Å²) in [6.45, 7) is 0. The summed E-state index contributed by atoms with van der Waals surface area (Å²) < 4.78 is 4.83. The number of rotatable bonds is 1. The molecule has 0 N–H and O–H groups in total. The Morgan fingerprint density at radius 3 is 2.35 bits per heavy atom. The summed E-state index contributed by atoms with van der Waals surface area (Å²) in [5.74, 6) is 0.0724. The fourth-order valence-electron chi connectivity index (χ4n) is 7.02. The van der Waals surface area contributed by atoms with E-state index in [2.05, 4.69) is 106 Å². The molecule has 5 aromatic rings. The lowest BCUT2D eigenvalue weighted by Crippen LogP contribution is -2.51. The Bertz CT molecular complexity index is 1880. The zero-order valence-electron chi connectivity index (χ0n) is 19.8. The van der Waals surface area contributed by atoms with Gasteiger partial charge in [-0.05, 0) is 35.9 Å². The van der Waals surface area contributed by atoms with Crippen LogP contribution in [0.2, 0.25) is 0 Å².